The van der Waals surface area contributed by atoms with Gasteiger partial charge in [-0.3, -0.25) is 14.5 Å². The highest BCUT2D eigenvalue weighted by Crippen LogP contribution is 2.41. The number of oxime groups is 1. The molecule has 2 aromatic heterocycles. The van der Waals surface area contributed by atoms with Crippen molar-refractivity contribution in [1.29, 1.82) is 0 Å². The fourth-order valence-electron chi connectivity index (χ4n) is 3.97. The number of allylic oxidation sites excluding steroid dienone is 1. The Morgan fingerprint density at radius 1 is 1.40 bits per heavy atom. The zero-order chi connectivity index (χ0) is 30.8. The topological polar surface area (TPSA) is 256 Å². The molecule has 19 heteroatoms. The lowest BCUT2D eigenvalue weighted by atomic mass is 10.0. The van der Waals surface area contributed by atoms with Gasteiger partial charge in [-0.25, -0.2) is 14.3 Å². The molecule has 0 bridgehead atoms. The van der Waals surface area contributed by atoms with Crippen molar-refractivity contribution in [2.24, 2.45) is 5.16 Å². The molecule has 0 saturated carbocycles. The van der Waals surface area contributed by atoms with E-state index in [4.69, 9.17) is 22.0 Å². The third-order valence-electron chi connectivity index (χ3n) is 6.11. The Labute approximate surface area is 250 Å². The Bertz CT molecular complexity index is 1530. The van der Waals surface area contributed by atoms with Crippen molar-refractivity contribution in [2.75, 3.05) is 28.7 Å². The number of thiazole rings is 1. The van der Waals surface area contributed by atoms with Gasteiger partial charge in [0, 0.05) is 16.9 Å². The second-order valence-corrected chi connectivity index (χ2v) is 11.9. The van der Waals surface area contributed by atoms with Crippen LogP contribution in [0.5, 0.6) is 0 Å². The van der Waals surface area contributed by atoms with E-state index in [0.717, 1.165) is 16.2 Å². The Hall–Kier alpha value is -4.36. The molecule has 16 nitrogen and oxygen atoms in total. The fraction of sp³-hybridized carbons (Fsp3) is 0.304. The Balaban J connectivity index is 1.43. The van der Waals surface area contributed by atoms with Crippen molar-refractivity contribution in [3.63, 3.8) is 0 Å². The van der Waals surface area contributed by atoms with E-state index in [0.29, 0.717) is 29.3 Å². The number of nitrogens with two attached hydrogens (primary N) is 3. The number of hydrogen-bond donors (Lipinski definition) is 5. The third-order valence-corrected chi connectivity index (χ3v) is 9.19. The summed E-state index contributed by atoms with van der Waals surface area (Å²) in [6, 6.07) is 0.429. The number of carbonyl (C=O) groups excluding carboxylic acids is 3. The quantitative estimate of drug-likeness (QED) is 0.0330. The SMILES string of the molecule is C=CC[n+]1c(N)cc(N)nc1SCC1=C(C(=O)[O-])N2C(=O)C(NC(=O)/C=N\OC(C)(C(=O)O)c3csc(N)n3)C2SC1. The van der Waals surface area contributed by atoms with Crippen molar-refractivity contribution in [3.8, 4) is 0 Å². The normalized spacial score (nSPS) is 19.5. The van der Waals surface area contributed by atoms with Crippen molar-refractivity contribution in [3.05, 3.63) is 41.1 Å². The second kappa shape index (κ2) is 12.2. The number of fused-ring (bicyclic) bond motifs is 1. The molecule has 3 atom stereocenters. The summed E-state index contributed by atoms with van der Waals surface area (Å²) in [5, 5.41) is 28.8. The molecular weight excluding hydrogens is 611 g/mol. The zero-order valence-corrected chi connectivity index (χ0v) is 24.3. The lowest BCUT2D eigenvalue weighted by molar-refractivity contribution is -0.713. The summed E-state index contributed by atoms with van der Waals surface area (Å²) in [6.45, 7) is 5.23. The predicted octanol–water partition coefficient (Wildman–Crippen LogP) is -1.74. The van der Waals surface area contributed by atoms with Gasteiger partial charge in [-0.2, -0.15) is 0 Å². The van der Waals surface area contributed by atoms with E-state index in [9.17, 15) is 29.4 Å². The van der Waals surface area contributed by atoms with Crippen molar-refractivity contribution < 1.29 is 38.8 Å². The van der Waals surface area contributed by atoms with Crippen LogP contribution in [0.2, 0.25) is 0 Å². The van der Waals surface area contributed by atoms with Gasteiger partial charge in [-0.05, 0) is 24.3 Å². The molecule has 42 heavy (non-hydrogen) atoms. The number of nitrogens with zero attached hydrogens (tertiary/aromatic N) is 5. The standard InChI is InChI=1S/C23H25N9O7S3/c1-3-4-31-13(25)5-12(24)29-22(31)42-8-10-7-40-18-15(17(34)32(18)16(10)19(35)36)30-14(33)6-27-39-23(2,20(37)38)11-9-41-21(26)28-11/h3,5-6,9,15,18H,1,4,7-8H2,2H3,(H8,24,25,26,28,30,33,35,36,37,38)/b27-6-. The van der Waals surface area contributed by atoms with Gasteiger partial charge in [-0.1, -0.05) is 22.8 Å². The van der Waals surface area contributed by atoms with Gasteiger partial charge in [0.15, 0.2) is 5.13 Å². The lowest BCUT2D eigenvalue weighted by Gasteiger charge is -2.50. The first-order valence-electron chi connectivity index (χ1n) is 11.9. The summed E-state index contributed by atoms with van der Waals surface area (Å²) in [7, 11) is 0. The molecule has 4 heterocycles. The van der Waals surface area contributed by atoms with Gasteiger partial charge >= 0.3 is 11.1 Å². The van der Waals surface area contributed by atoms with Gasteiger partial charge in [0.1, 0.15) is 23.3 Å². The summed E-state index contributed by atoms with van der Waals surface area (Å²) in [6.07, 6.45) is 2.29. The number of nitrogen functional groups attached to an aromatic ring is 3. The highest BCUT2D eigenvalue weighted by atomic mass is 32.2. The molecule has 2 aliphatic heterocycles. The van der Waals surface area contributed by atoms with E-state index < -0.39 is 40.8 Å². The van der Waals surface area contributed by atoms with Crippen LogP contribution in [0.25, 0.3) is 0 Å². The van der Waals surface area contributed by atoms with Crippen molar-refractivity contribution in [2.45, 2.75) is 35.6 Å². The number of β-lactam (4-membered cyclic amide) rings is 1. The second-order valence-electron chi connectivity index (χ2n) is 8.95. The number of carboxylic acid groups (broad SMARTS) is 2. The molecule has 0 aliphatic carbocycles. The lowest BCUT2D eigenvalue weighted by Crippen LogP contribution is -2.71. The predicted molar refractivity (Wildman–Crippen MR) is 152 cm³/mol. The van der Waals surface area contributed by atoms with Crippen LogP contribution in [0, 0.1) is 0 Å². The van der Waals surface area contributed by atoms with Crippen LogP contribution >= 0.6 is 34.9 Å². The summed E-state index contributed by atoms with van der Waals surface area (Å²) in [5.41, 5.74) is 15.5. The van der Waals surface area contributed by atoms with Crippen LogP contribution in [0.1, 0.15) is 12.6 Å². The first kappa shape index (κ1) is 30.6. The molecule has 0 spiro atoms. The van der Waals surface area contributed by atoms with E-state index >= 15 is 0 Å². The maximum absolute atomic E-state index is 12.9. The number of rotatable bonds is 12. The molecule has 1 fully saturated rings. The average molecular weight is 636 g/mol. The summed E-state index contributed by atoms with van der Waals surface area (Å²) in [5.74, 6) is -3.59. The molecular formula is C23H25N9O7S3. The molecule has 2 aliphatic rings. The molecule has 4 rings (SSSR count). The Morgan fingerprint density at radius 2 is 2.14 bits per heavy atom. The van der Waals surface area contributed by atoms with E-state index in [1.165, 1.54) is 41.9 Å². The molecule has 0 aromatic carbocycles. The molecule has 2 amide bonds. The highest BCUT2D eigenvalue weighted by molar-refractivity contribution is 8.01. The smallest absolute Gasteiger partial charge is 0.357 e. The molecule has 8 N–H and O–H groups in total. The maximum Gasteiger partial charge on any atom is 0.357 e. The van der Waals surface area contributed by atoms with Crippen LogP contribution in [0.4, 0.5) is 16.8 Å². The van der Waals surface area contributed by atoms with Crippen LogP contribution in [-0.4, -0.2) is 72.9 Å². The first-order chi connectivity index (χ1) is 19.9. The Morgan fingerprint density at radius 3 is 2.76 bits per heavy atom. The van der Waals surface area contributed by atoms with E-state index in [1.807, 2.05) is 0 Å². The largest absolute Gasteiger partial charge is 0.543 e. The minimum absolute atomic E-state index is 0.0143. The number of aromatic nitrogens is 3. The van der Waals surface area contributed by atoms with E-state index in [-0.39, 0.29) is 33.8 Å². The number of amides is 2. The molecule has 2 aromatic rings. The number of carbonyl (C=O) groups is 4. The van der Waals surface area contributed by atoms with Gasteiger partial charge in [0.05, 0.1) is 24.3 Å². The Kier molecular flexibility index (Phi) is 8.92. The molecule has 222 valence electrons. The summed E-state index contributed by atoms with van der Waals surface area (Å²) >= 11 is 3.44. The number of anilines is 3. The van der Waals surface area contributed by atoms with Crippen molar-refractivity contribution in [1.82, 2.24) is 20.2 Å². The number of thioether (sulfide) groups is 2. The molecule has 3 unspecified atom stereocenters. The highest BCUT2D eigenvalue weighted by Gasteiger charge is 2.52. The minimum Gasteiger partial charge on any atom is -0.543 e. The molecule has 0 radical (unpaired) electrons. The third kappa shape index (κ3) is 5.97. The average Bonchev–Trinajstić information content (AvgIpc) is 3.38. The van der Waals surface area contributed by atoms with Gasteiger partial charge in [-0.15, -0.1) is 23.1 Å². The fourth-order valence-corrected chi connectivity index (χ4v) is 7.16. The first-order valence-corrected chi connectivity index (χ1v) is 14.8. The van der Waals surface area contributed by atoms with Crippen LogP contribution in [-0.2, 0) is 36.2 Å². The van der Waals surface area contributed by atoms with Gasteiger partial charge < -0.3 is 42.4 Å². The molecule has 1 saturated heterocycles. The monoisotopic (exact) mass is 635 g/mol. The number of nitrogens with one attached hydrogen (secondary N) is 1. The summed E-state index contributed by atoms with van der Waals surface area (Å²) < 4.78 is 1.66. The van der Waals surface area contributed by atoms with Crippen molar-refractivity contribution >= 4 is 81.6 Å². The van der Waals surface area contributed by atoms with Crippen LogP contribution < -0.4 is 32.2 Å². The van der Waals surface area contributed by atoms with Crippen LogP contribution in [0.3, 0.4) is 0 Å². The summed E-state index contributed by atoms with van der Waals surface area (Å²) in [4.78, 5) is 63.5. The number of carboxylic acids is 2. The van der Waals surface area contributed by atoms with Crippen LogP contribution in [0.15, 0.2) is 45.7 Å². The van der Waals surface area contributed by atoms with Gasteiger partial charge in [0.25, 0.3) is 17.4 Å². The van der Waals surface area contributed by atoms with E-state index in [1.54, 1.807) is 10.6 Å². The minimum atomic E-state index is -2.02. The van der Waals surface area contributed by atoms with E-state index in [2.05, 4.69) is 27.0 Å². The maximum atomic E-state index is 12.9. The zero-order valence-electron chi connectivity index (χ0n) is 21.9. The number of hydrogen-bond acceptors (Lipinski definition) is 15. The number of aliphatic carboxylic acids is 2. The van der Waals surface area contributed by atoms with Gasteiger partial charge in [0.2, 0.25) is 11.6 Å².